The van der Waals surface area contributed by atoms with Gasteiger partial charge in [-0.15, -0.1) is 0 Å². The quantitative estimate of drug-likeness (QED) is 0.508. The van der Waals surface area contributed by atoms with Gasteiger partial charge in [-0.05, 0) is 33.1 Å². The number of aliphatic hydroxyl groups excluding tert-OH is 1. The Balaban J connectivity index is 2.41. The van der Waals surface area contributed by atoms with Crippen molar-refractivity contribution in [1.29, 1.82) is 0 Å². The van der Waals surface area contributed by atoms with Crippen LogP contribution in [0.2, 0.25) is 0 Å². The first-order chi connectivity index (χ1) is 4.10. The summed E-state index contributed by atoms with van der Waals surface area (Å²) in [5, 5.41) is 12.2. The molecule has 0 bridgehead atoms. The van der Waals surface area contributed by atoms with Crippen LogP contribution in [0.25, 0.3) is 0 Å². The lowest BCUT2D eigenvalue weighted by Crippen LogP contribution is -2.49. The fourth-order valence-electron chi connectivity index (χ4n) is 1.33. The summed E-state index contributed by atoms with van der Waals surface area (Å²) in [5.41, 5.74) is 0.150. The van der Waals surface area contributed by atoms with Crippen molar-refractivity contribution in [3.05, 3.63) is 0 Å². The van der Waals surface area contributed by atoms with Crippen LogP contribution in [-0.4, -0.2) is 16.9 Å². The Labute approximate surface area is 56.3 Å². The van der Waals surface area contributed by atoms with Crippen molar-refractivity contribution >= 4 is 0 Å². The zero-order valence-electron chi connectivity index (χ0n) is 6.15. The maximum absolute atomic E-state index is 9.13. The summed E-state index contributed by atoms with van der Waals surface area (Å²) in [7, 11) is 0. The van der Waals surface area contributed by atoms with Crippen LogP contribution in [0, 0.1) is 0 Å². The molecule has 1 saturated heterocycles. The lowest BCUT2D eigenvalue weighted by Gasteiger charge is -2.34. The van der Waals surface area contributed by atoms with Gasteiger partial charge in [-0.2, -0.15) is 0 Å². The minimum absolute atomic E-state index is 0.150. The van der Waals surface area contributed by atoms with Gasteiger partial charge >= 0.3 is 0 Å². The molecule has 0 spiro atoms. The molecule has 54 valence electrons. The van der Waals surface area contributed by atoms with Gasteiger partial charge in [0.1, 0.15) is 6.23 Å². The number of nitrogens with one attached hydrogen (secondary N) is 1. The summed E-state index contributed by atoms with van der Waals surface area (Å²) >= 11 is 0. The molecule has 0 aliphatic carbocycles. The highest BCUT2D eigenvalue weighted by molar-refractivity contribution is 4.82. The van der Waals surface area contributed by atoms with Gasteiger partial charge in [0.2, 0.25) is 0 Å². The molecule has 1 unspecified atom stereocenters. The Kier molecular flexibility index (Phi) is 1.78. The van der Waals surface area contributed by atoms with Crippen molar-refractivity contribution in [2.45, 2.75) is 44.9 Å². The normalized spacial score (nSPS) is 34.3. The minimum atomic E-state index is -0.270. The summed E-state index contributed by atoms with van der Waals surface area (Å²) in [6, 6.07) is 0. The molecule has 2 nitrogen and oxygen atoms in total. The zero-order chi connectivity index (χ0) is 6.91. The van der Waals surface area contributed by atoms with Gasteiger partial charge in [0.05, 0.1) is 0 Å². The minimum Gasteiger partial charge on any atom is -0.379 e. The van der Waals surface area contributed by atoms with E-state index in [2.05, 4.69) is 19.2 Å². The van der Waals surface area contributed by atoms with Gasteiger partial charge < -0.3 is 5.11 Å². The van der Waals surface area contributed by atoms with Gasteiger partial charge in [-0.25, -0.2) is 0 Å². The van der Waals surface area contributed by atoms with Crippen molar-refractivity contribution in [2.24, 2.45) is 0 Å². The summed E-state index contributed by atoms with van der Waals surface area (Å²) in [6.45, 7) is 4.24. The second kappa shape index (κ2) is 2.27. The monoisotopic (exact) mass is 129 g/mol. The lowest BCUT2D eigenvalue weighted by atomic mass is 9.93. The third-order valence-corrected chi connectivity index (χ3v) is 1.84. The molecule has 0 saturated carbocycles. The molecule has 0 aromatic rings. The molecule has 0 aromatic carbocycles. The van der Waals surface area contributed by atoms with Gasteiger partial charge in [0.15, 0.2) is 0 Å². The summed E-state index contributed by atoms with van der Waals surface area (Å²) in [5.74, 6) is 0. The molecule has 9 heavy (non-hydrogen) atoms. The van der Waals surface area contributed by atoms with Crippen LogP contribution in [-0.2, 0) is 0 Å². The van der Waals surface area contributed by atoms with Crippen molar-refractivity contribution in [1.82, 2.24) is 5.32 Å². The largest absolute Gasteiger partial charge is 0.379 e. The predicted octanol–water partition coefficient (Wildman–Crippen LogP) is 0.857. The van der Waals surface area contributed by atoms with Crippen LogP contribution >= 0.6 is 0 Å². The predicted molar refractivity (Wildman–Crippen MR) is 37.1 cm³/mol. The standard InChI is InChI=1S/C7H15NO/c1-7(2)5-3-4-6(9)8-7/h6,8-9H,3-5H2,1-2H3. The van der Waals surface area contributed by atoms with Crippen LogP contribution < -0.4 is 5.32 Å². The van der Waals surface area contributed by atoms with E-state index in [1.165, 1.54) is 6.42 Å². The number of hydrogen-bond acceptors (Lipinski definition) is 2. The fourth-order valence-corrected chi connectivity index (χ4v) is 1.33. The van der Waals surface area contributed by atoms with E-state index in [9.17, 15) is 0 Å². The highest BCUT2D eigenvalue weighted by Crippen LogP contribution is 2.19. The Bertz CT molecular complexity index is 101. The third-order valence-electron chi connectivity index (χ3n) is 1.84. The van der Waals surface area contributed by atoms with E-state index in [4.69, 9.17) is 5.11 Å². The second-order valence-corrected chi connectivity index (χ2v) is 3.44. The van der Waals surface area contributed by atoms with Crippen molar-refractivity contribution < 1.29 is 5.11 Å². The third kappa shape index (κ3) is 1.95. The molecule has 1 aliphatic heterocycles. The van der Waals surface area contributed by atoms with Gasteiger partial charge in [-0.3, -0.25) is 5.32 Å². The number of aliphatic hydroxyl groups is 1. The molecule has 2 N–H and O–H groups in total. The highest BCUT2D eigenvalue weighted by Gasteiger charge is 2.24. The maximum atomic E-state index is 9.13. The molecule has 0 radical (unpaired) electrons. The van der Waals surface area contributed by atoms with E-state index >= 15 is 0 Å². The summed E-state index contributed by atoms with van der Waals surface area (Å²) < 4.78 is 0. The topological polar surface area (TPSA) is 32.3 Å². The van der Waals surface area contributed by atoms with E-state index in [1.807, 2.05) is 0 Å². The second-order valence-electron chi connectivity index (χ2n) is 3.44. The van der Waals surface area contributed by atoms with Gasteiger partial charge in [0.25, 0.3) is 0 Å². The highest BCUT2D eigenvalue weighted by atomic mass is 16.3. The van der Waals surface area contributed by atoms with Crippen molar-refractivity contribution in [3.63, 3.8) is 0 Å². The molecule has 0 amide bonds. The smallest absolute Gasteiger partial charge is 0.105 e. The molecule has 1 fully saturated rings. The molecular formula is C7H15NO. The van der Waals surface area contributed by atoms with Crippen LogP contribution in [0.3, 0.4) is 0 Å². The van der Waals surface area contributed by atoms with Crippen LogP contribution in [0.1, 0.15) is 33.1 Å². The summed E-state index contributed by atoms with van der Waals surface area (Å²) in [4.78, 5) is 0. The van der Waals surface area contributed by atoms with E-state index in [0.29, 0.717) is 0 Å². The van der Waals surface area contributed by atoms with E-state index < -0.39 is 0 Å². The van der Waals surface area contributed by atoms with Crippen LogP contribution in [0.5, 0.6) is 0 Å². The van der Waals surface area contributed by atoms with E-state index in [-0.39, 0.29) is 11.8 Å². The Morgan fingerprint density at radius 3 is 2.56 bits per heavy atom. The van der Waals surface area contributed by atoms with Crippen molar-refractivity contribution in [3.8, 4) is 0 Å². The number of hydrogen-bond donors (Lipinski definition) is 2. The fraction of sp³-hybridized carbons (Fsp3) is 1.00. The number of rotatable bonds is 0. The van der Waals surface area contributed by atoms with Crippen LogP contribution in [0.15, 0.2) is 0 Å². The molecular weight excluding hydrogens is 114 g/mol. The first-order valence-electron chi connectivity index (χ1n) is 3.56. The molecule has 1 rings (SSSR count). The maximum Gasteiger partial charge on any atom is 0.105 e. The van der Waals surface area contributed by atoms with Gasteiger partial charge in [0, 0.05) is 5.54 Å². The first kappa shape index (κ1) is 7.03. The van der Waals surface area contributed by atoms with Gasteiger partial charge in [-0.1, -0.05) is 0 Å². The SMILES string of the molecule is CC1(C)CCCC(O)N1. The Morgan fingerprint density at radius 1 is 1.56 bits per heavy atom. The zero-order valence-corrected chi connectivity index (χ0v) is 6.15. The van der Waals surface area contributed by atoms with Crippen LogP contribution in [0.4, 0.5) is 0 Å². The molecule has 1 atom stereocenters. The van der Waals surface area contributed by atoms with E-state index in [1.54, 1.807) is 0 Å². The number of piperidine rings is 1. The lowest BCUT2D eigenvalue weighted by molar-refractivity contribution is 0.0598. The van der Waals surface area contributed by atoms with Crippen molar-refractivity contribution in [2.75, 3.05) is 0 Å². The molecule has 2 heteroatoms. The first-order valence-corrected chi connectivity index (χ1v) is 3.56. The van der Waals surface area contributed by atoms with E-state index in [0.717, 1.165) is 12.8 Å². The Morgan fingerprint density at radius 2 is 2.22 bits per heavy atom. The molecule has 0 aromatic heterocycles. The average molecular weight is 129 g/mol. The molecule has 1 aliphatic rings. The Hall–Kier alpha value is -0.0800. The average Bonchev–Trinajstić information content (AvgIpc) is 1.60. The molecule has 1 heterocycles. The summed E-state index contributed by atoms with van der Waals surface area (Å²) in [6.07, 6.45) is 2.95.